The second kappa shape index (κ2) is 3.56. The van der Waals surface area contributed by atoms with Crippen LogP contribution in [0.5, 0.6) is 0 Å². The van der Waals surface area contributed by atoms with Crippen molar-refractivity contribution in [2.24, 2.45) is 23.7 Å². The molecule has 0 aromatic carbocycles. The van der Waals surface area contributed by atoms with Gasteiger partial charge in [-0.05, 0) is 0 Å². The van der Waals surface area contributed by atoms with E-state index in [2.05, 4.69) is 0 Å². The van der Waals surface area contributed by atoms with Crippen LogP contribution in [-0.4, -0.2) is 25.3 Å². The number of alkyl halides is 4. The molecular weight excluding hydrogens is 373 g/mol. The Bertz CT molecular complexity index is 512. The van der Waals surface area contributed by atoms with E-state index < -0.39 is 20.2 Å². The topological polar surface area (TPSA) is 20.2 Å². The Labute approximate surface area is 140 Å². The van der Waals surface area contributed by atoms with Crippen LogP contribution in [0.3, 0.4) is 0 Å². The standard InChI is InChI=1S/C12H8Cl6O/c13-8-9(14)11(16)6-4-2-1-3(7(4)19)5(6)10(8,15)12(11,17)18/h1-7,19H/t3-,4+,5-,6+,7?,10-,11+. The molecule has 19 heavy (non-hydrogen) atoms. The Morgan fingerprint density at radius 1 is 0.842 bits per heavy atom. The van der Waals surface area contributed by atoms with Gasteiger partial charge in [0.15, 0.2) is 4.33 Å². The van der Waals surface area contributed by atoms with Gasteiger partial charge in [-0.25, -0.2) is 0 Å². The third-order valence-corrected chi connectivity index (χ3v) is 9.52. The summed E-state index contributed by atoms with van der Waals surface area (Å²) in [5.74, 6) is -0.685. The van der Waals surface area contributed by atoms with Crippen LogP contribution in [0.25, 0.3) is 0 Å². The van der Waals surface area contributed by atoms with Gasteiger partial charge in [-0.2, -0.15) is 0 Å². The van der Waals surface area contributed by atoms with Crippen LogP contribution < -0.4 is 0 Å². The van der Waals surface area contributed by atoms with E-state index in [1.165, 1.54) is 0 Å². The van der Waals surface area contributed by atoms with Crippen LogP contribution in [0.2, 0.25) is 0 Å². The van der Waals surface area contributed by atoms with Crippen LogP contribution in [0.1, 0.15) is 0 Å². The second-order valence-corrected chi connectivity index (χ2v) is 8.98. The van der Waals surface area contributed by atoms with Gasteiger partial charge in [0.05, 0.1) is 16.2 Å². The number of halogens is 6. The van der Waals surface area contributed by atoms with Crippen molar-refractivity contribution in [2.75, 3.05) is 0 Å². The number of rotatable bonds is 0. The SMILES string of the molecule is OC1[C@H]2C=C[C@@H]1[C@@H]1[C@H]2[C@]2(Cl)C(Cl)=C(Cl)[C@@]1(Cl)C2(Cl)Cl. The highest BCUT2D eigenvalue weighted by atomic mass is 35.5. The summed E-state index contributed by atoms with van der Waals surface area (Å²) in [6.07, 6.45) is 3.37. The molecule has 0 saturated heterocycles. The molecule has 0 spiro atoms. The summed E-state index contributed by atoms with van der Waals surface area (Å²) in [7, 11) is 0. The fourth-order valence-corrected chi connectivity index (χ4v) is 7.58. The molecule has 4 aliphatic carbocycles. The third-order valence-electron chi connectivity index (χ3n) is 5.22. The first-order chi connectivity index (χ1) is 8.70. The number of aliphatic hydroxyl groups excluding tert-OH is 1. The van der Waals surface area contributed by atoms with Gasteiger partial charge in [0.2, 0.25) is 0 Å². The molecule has 1 N–H and O–H groups in total. The quantitative estimate of drug-likeness (QED) is 0.378. The minimum atomic E-state index is -1.49. The molecule has 0 heterocycles. The zero-order valence-corrected chi connectivity index (χ0v) is 13.8. The van der Waals surface area contributed by atoms with Crippen molar-refractivity contribution in [2.45, 2.75) is 20.2 Å². The molecule has 2 fully saturated rings. The first kappa shape index (κ1) is 13.8. The summed E-state index contributed by atoms with van der Waals surface area (Å²) < 4.78 is -1.49. The van der Waals surface area contributed by atoms with Crippen LogP contribution in [0.4, 0.5) is 0 Å². The molecule has 0 aromatic rings. The lowest BCUT2D eigenvalue weighted by Gasteiger charge is -2.36. The zero-order valence-electron chi connectivity index (χ0n) is 9.26. The highest BCUT2D eigenvalue weighted by Crippen LogP contribution is 2.81. The van der Waals surface area contributed by atoms with Crippen LogP contribution >= 0.6 is 69.6 Å². The van der Waals surface area contributed by atoms with E-state index in [1.807, 2.05) is 12.2 Å². The van der Waals surface area contributed by atoms with Crippen LogP contribution in [0, 0.1) is 23.7 Å². The lowest BCUT2D eigenvalue weighted by Crippen LogP contribution is -2.47. The minimum Gasteiger partial charge on any atom is -0.392 e. The van der Waals surface area contributed by atoms with Gasteiger partial charge in [0.25, 0.3) is 0 Å². The first-order valence-corrected chi connectivity index (χ1v) is 8.15. The van der Waals surface area contributed by atoms with Gasteiger partial charge in [-0.1, -0.05) is 58.6 Å². The van der Waals surface area contributed by atoms with E-state index in [-0.39, 0.29) is 33.7 Å². The van der Waals surface area contributed by atoms with Crippen molar-refractivity contribution in [3.8, 4) is 0 Å². The average Bonchev–Trinajstić information content (AvgIpc) is 2.93. The Morgan fingerprint density at radius 3 is 1.58 bits per heavy atom. The second-order valence-electron chi connectivity index (χ2n) is 5.71. The Balaban J connectivity index is 2.02. The van der Waals surface area contributed by atoms with E-state index in [4.69, 9.17) is 69.6 Å². The van der Waals surface area contributed by atoms with E-state index in [9.17, 15) is 5.11 Å². The molecule has 0 radical (unpaired) electrons. The normalized spacial score (nSPS) is 60.3. The summed E-state index contributed by atoms with van der Waals surface area (Å²) in [5.41, 5.74) is 0. The smallest absolute Gasteiger partial charge is 0.166 e. The molecule has 1 unspecified atom stereocenters. The molecule has 7 heteroatoms. The highest BCUT2D eigenvalue weighted by Gasteiger charge is 2.86. The van der Waals surface area contributed by atoms with Gasteiger partial charge < -0.3 is 5.11 Å². The summed E-state index contributed by atoms with van der Waals surface area (Å²) >= 11 is 39.0. The lowest BCUT2D eigenvalue weighted by atomic mass is 9.75. The number of hydrogen-bond acceptors (Lipinski definition) is 1. The molecule has 0 aromatic heterocycles. The molecule has 4 bridgehead atoms. The molecule has 4 rings (SSSR count). The van der Waals surface area contributed by atoms with E-state index in [0.717, 1.165) is 0 Å². The molecular formula is C12H8Cl6O. The van der Waals surface area contributed by atoms with Gasteiger partial charge in [0, 0.05) is 23.7 Å². The van der Waals surface area contributed by atoms with Gasteiger partial charge in [-0.3, -0.25) is 0 Å². The van der Waals surface area contributed by atoms with Crippen molar-refractivity contribution in [1.29, 1.82) is 0 Å². The summed E-state index contributed by atoms with van der Waals surface area (Å²) in [6, 6.07) is 0. The largest absolute Gasteiger partial charge is 0.392 e. The summed E-state index contributed by atoms with van der Waals surface area (Å²) in [6.45, 7) is 0. The molecule has 4 aliphatic rings. The van der Waals surface area contributed by atoms with E-state index in [0.29, 0.717) is 0 Å². The lowest BCUT2D eigenvalue weighted by molar-refractivity contribution is 0.120. The highest BCUT2D eigenvalue weighted by molar-refractivity contribution is 6.65. The number of fused-ring (bicyclic) bond motifs is 9. The number of hydrogen-bond donors (Lipinski definition) is 1. The maximum absolute atomic E-state index is 10.3. The summed E-state index contributed by atoms with van der Waals surface area (Å²) in [5, 5.41) is 10.7. The predicted octanol–water partition coefficient (Wildman–Crippen LogP) is 4.24. The maximum Gasteiger partial charge on any atom is 0.166 e. The monoisotopic (exact) mass is 378 g/mol. The van der Waals surface area contributed by atoms with Gasteiger partial charge in [0.1, 0.15) is 9.75 Å². The molecule has 1 nitrogen and oxygen atoms in total. The molecule has 104 valence electrons. The number of allylic oxidation sites excluding steroid dienone is 2. The van der Waals surface area contributed by atoms with E-state index in [1.54, 1.807) is 0 Å². The number of aliphatic hydroxyl groups is 1. The first-order valence-electron chi connectivity index (χ1n) is 5.89. The van der Waals surface area contributed by atoms with Gasteiger partial charge >= 0.3 is 0 Å². The fraction of sp³-hybridized carbons (Fsp3) is 0.667. The zero-order chi connectivity index (χ0) is 14.0. The van der Waals surface area contributed by atoms with Crippen molar-refractivity contribution < 1.29 is 5.11 Å². The average molecular weight is 381 g/mol. The Hall–Kier alpha value is 1.18. The fourth-order valence-electron chi connectivity index (χ4n) is 4.48. The summed E-state index contributed by atoms with van der Waals surface area (Å²) in [4.78, 5) is -2.49. The molecule has 2 saturated carbocycles. The van der Waals surface area contributed by atoms with Crippen molar-refractivity contribution >= 4 is 69.6 Å². The van der Waals surface area contributed by atoms with E-state index >= 15 is 0 Å². The Morgan fingerprint density at radius 2 is 1.21 bits per heavy atom. The van der Waals surface area contributed by atoms with Crippen molar-refractivity contribution in [3.05, 3.63) is 22.2 Å². The maximum atomic E-state index is 10.3. The molecule has 7 atom stereocenters. The minimum absolute atomic E-state index is 0.136. The van der Waals surface area contributed by atoms with Crippen LogP contribution in [0.15, 0.2) is 22.2 Å². The molecule has 0 aliphatic heterocycles. The molecule has 0 amide bonds. The van der Waals surface area contributed by atoms with Crippen LogP contribution in [-0.2, 0) is 0 Å². The third kappa shape index (κ3) is 1.09. The predicted molar refractivity (Wildman–Crippen MR) is 79.4 cm³/mol. The van der Waals surface area contributed by atoms with Crippen molar-refractivity contribution in [1.82, 2.24) is 0 Å². The Kier molecular flexibility index (Phi) is 2.59. The van der Waals surface area contributed by atoms with Crippen molar-refractivity contribution in [3.63, 3.8) is 0 Å². The van der Waals surface area contributed by atoms with Gasteiger partial charge in [-0.15, -0.1) is 23.2 Å².